The third-order valence-corrected chi connectivity index (χ3v) is 6.03. The van der Waals surface area contributed by atoms with E-state index in [9.17, 15) is 9.59 Å². The number of rotatable bonds is 4. The highest BCUT2D eigenvalue weighted by atomic mass is 16.5. The van der Waals surface area contributed by atoms with Gasteiger partial charge in [0, 0.05) is 25.7 Å². The number of hydrogen-bond acceptors (Lipinski definition) is 4. The Morgan fingerprint density at radius 3 is 1.93 bits per heavy atom. The van der Waals surface area contributed by atoms with Crippen molar-refractivity contribution in [2.45, 2.75) is 34.1 Å². The highest BCUT2D eigenvalue weighted by molar-refractivity contribution is 5.70. The van der Waals surface area contributed by atoms with E-state index >= 15 is 0 Å². The van der Waals surface area contributed by atoms with Gasteiger partial charge in [0.05, 0.1) is 0 Å². The minimum Gasteiger partial charge on any atom is -0.427 e. The molecule has 4 heteroatoms. The molecule has 1 fully saturated rings. The molecule has 2 aromatic carbocycles. The van der Waals surface area contributed by atoms with E-state index in [-0.39, 0.29) is 17.4 Å². The van der Waals surface area contributed by atoms with Crippen LogP contribution in [0.5, 0.6) is 11.5 Å². The summed E-state index contributed by atoms with van der Waals surface area (Å²) < 4.78 is 10.7. The molecule has 4 nitrogen and oxygen atoms in total. The van der Waals surface area contributed by atoms with Crippen molar-refractivity contribution in [1.29, 1.82) is 0 Å². The van der Waals surface area contributed by atoms with Crippen LogP contribution < -0.4 is 9.47 Å². The van der Waals surface area contributed by atoms with Gasteiger partial charge in [0.1, 0.15) is 11.5 Å². The Hall–Kier alpha value is -2.88. The molecule has 0 bridgehead atoms. The molecular weight excluding hydrogens is 376 g/mol. The maximum atomic E-state index is 11.4. The van der Waals surface area contributed by atoms with Gasteiger partial charge in [-0.15, -0.1) is 0 Å². The minimum atomic E-state index is -0.323. The summed E-state index contributed by atoms with van der Waals surface area (Å²) in [6, 6.07) is 15.6. The molecular formula is C26H26O4. The second kappa shape index (κ2) is 7.75. The highest BCUT2D eigenvalue weighted by Crippen LogP contribution is 2.64. The van der Waals surface area contributed by atoms with Gasteiger partial charge in [0.25, 0.3) is 0 Å². The lowest BCUT2D eigenvalue weighted by molar-refractivity contribution is -0.132. The molecule has 2 aliphatic rings. The Morgan fingerprint density at radius 2 is 1.40 bits per heavy atom. The molecule has 0 saturated heterocycles. The molecule has 0 aromatic heterocycles. The van der Waals surface area contributed by atoms with Crippen LogP contribution in [0.15, 0.2) is 60.7 Å². The Bertz CT molecular complexity index is 1000. The van der Waals surface area contributed by atoms with Gasteiger partial charge in [-0.05, 0) is 59.1 Å². The maximum absolute atomic E-state index is 11.4. The summed E-state index contributed by atoms with van der Waals surface area (Å²) in [6.07, 6.45) is 5.52. The molecule has 0 aliphatic heterocycles. The van der Waals surface area contributed by atoms with Gasteiger partial charge in [-0.25, -0.2) is 0 Å². The van der Waals surface area contributed by atoms with Crippen LogP contribution in [0.3, 0.4) is 0 Å². The summed E-state index contributed by atoms with van der Waals surface area (Å²) in [5.41, 5.74) is 1.99. The van der Waals surface area contributed by atoms with Crippen molar-refractivity contribution in [3.05, 3.63) is 83.6 Å². The predicted molar refractivity (Wildman–Crippen MR) is 115 cm³/mol. The lowest BCUT2D eigenvalue weighted by Crippen LogP contribution is -2.26. The van der Waals surface area contributed by atoms with Gasteiger partial charge in [-0.2, -0.15) is 0 Å². The van der Waals surface area contributed by atoms with Crippen LogP contribution in [0.25, 0.3) is 0 Å². The fraction of sp³-hybridized carbons (Fsp3) is 0.308. The largest absolute Gasteiger partial charge is 0.427 e. The number of carbonyl (C=O) groups excluding carboxylic acids is 2. The van der Waals surface area contributed by atoms with Crippen LogP contribution in [0.4, 0.5) is 0 Å². The smallest absolute Gasteiger partial charge is 0.308 e. The van der Waals surface area contributed by atoms with Crippen LogP contribution in [0.1, 0.15) is 45.2 Å². The van der Waals surface area contributed by atoms with Gasteiger partial charge in [-0.3, -0.25) is 9.59 Å². The van der Waals surface area contributed by atoms with Crippen molar-refractivity contribution in [1.82, 2.24) is 0 Å². The lowest BCUT2D eigenvalue weighted by atomic mass is 9.68. The lowest BCUT2D eigenvalue weighted by Gasteiger charge is -2.35. The number of allylic oxidation sites excluding steroid dienone is 2. The predicted octanol–water partition coefficient (Wildman–Crippen LogP) is 5.31. The van der Waals surface area contributed by atoms with Crippen LogP contribution in [0, 0.1) is 29.1 Å². The number of ether oxygens (including phenoxy) is 2. The van der Waals surface area contributed by atoms with E-state index in [1.807, 2.05) is 36.4 Å². The number of benzene rings is 2. The Balaban J connectivity index is 1.74. The number of hydrogen-bond donors (Lipinski definition) is 0. The Labute approximate surface area is 177 Å². The summed E-state index contributed by atoms with van der Waals surface area (Å²) >= 11 is 0. The average molecular weight is 402 g/mol. The third-order valence-electron chi connectivity index (χ3n) is 6.03. The van der Waals surface area contributed by atoms with Crippen molar-refractivity contribution in [3.8, 4) is 11.5 Å². The molecule has 2 radical (unpaired) electrons. The first-order valence-electron chi connectivity index (χ1n) is 10.3. The van der Waals surface area contributed by atoms with E-state index in [2.05, 4.69) is 38.1 Å². The van der Waals surface area contributed by atoms with E-state index in [4.69, 9.17) is 9.47 Å². The monoisotopic (exact) mass is 402 g/mol. The van der Waals surface area contributed by atoms with E-state index in [1.54, 1.807) is 0 Å². The standard InChI is InChI=1S/C26H26O4/c1-16(27)29-20-10-5-8-18(14-20)24-22-12-7-13-23(22)25(26(24,3)4)19-9-6-11-21(15-19)30-17(2)28/h5-12,14-15,22-23H,13H2,1-4H3. The maximum Gasteiger partial charge on any atom is 0.308 e. The Kier molecular flexibility index (Phi) is 5.27. The number of carbonyl (C=O) groups is 2. The summed E-state index contributed by atoms with van der Waals surface area (Å²) in [5, 5.41) is 0. The van der Waals surface area contributed by atoms with Crippen molar-refractivity contribution < 1.29 is 19.1 Å². The number of fused-ring (bicyclic) bond motifs is 1. The second-order valence-corrected chi connectivity index (χ2v) is 8.49. The van der Waals surface area contributed by atoms with E-state index in [0.29, 0.717) is 23.3 Å². The fourth-order valence-electron chi connectivity index (χ4n) is 5.19. The molecule has 2 aromatic rings. The van der Waals surface area contributed by atoms with Gasteiger partial charge < -0.3 is 9.47 Å². The van der Waals surface area contributed by atoms with Crippen molar-refractivity contribution in [2.24, 2.45) is 17.3 Å². The first-order valence-corrected chi connectivity index (χ1v) is 10.3. The molecule has 0 N–H and O–H groups in total. The molecule has 0 amide bonds. The first-order chi connectivity index (χ1) is 14.3. The molecule has 0 spiro atoms. The normalized spacial score (nSPS) is 22.7. The van der Waals surface area contributed by atoms with Gasteiger partial charge in [-0.1, -0.05) is 50.3 Å². The summed E-state index contributed by atoms with van der Waals surface area (Å²) in [7, 11) is 0. The Morgan fingerprint density at radius 1 is 0.867 bits per heavy atom. The highest BCUT2D eigenvalue weighted by Gasteiger charge is 2.56. The van der Waals surface area contributed by atoms with Crippen LogP contribution in [0.2, 0.25) is 0 Å². The summed E-state index contributed by atoms with van der Waals surface area (Å²) in [4.78, 5) is 22.8. The van der Waals surface area contributed by atoms with Gasteiger partial charge in [0.15, 0.2) is 0 Å². The van der Waals surface area contributed by atoms with Crippen LogP contribution >= 0.6 is 0 Å². The minimum absolute atomic E-state index is 0.205. The topological polar surface area (TPSA) is 52.6 Å². The molecule has 30 heavy (non-hydrogen) atoms. The first kappa shape index (κ1) is 20.4. The van der Waals surface area contributed by atoms with E-state index < -0.39 is 0 Å². The summed E-state index contributed by atoms with van der Waals surface area (Å²) in [5.74, 6) is 3.81. The van der Waals surface area contributed by atoms with Crippen molar-refractivity contribution in [3.63, 3.8) is 0 Å². The molecule has 2 aliphatic carbocycles. The molecule has 2 atom stereocenters. The van der Waals surface area contributed by atoms with E-state index in [1.165, 1.54) is 25.7 Å². The zero-order valence-electron chi connectivity index (χ0n) is 17.8. The SMILES string of the molecule is CC(=O)Oc1cccc([C]2C3C=CCC3[C](c3cccc(OC(C)=O)c3)C2(C)C)c1. The number of esters is 2. The quantitative estimate of drug-likeness (QED) is 0.395. The van der Waals surface area contributed by atoms with Crippen LogP contribution in [-0.2, 0) is 9.59 Å². The fourth-order valence-corrected chi connectivity index (χ4v) is 5.19. The zero-order chi connectivity index (χ0) is 21.5. The molecule has 4 rings (SSSR count). The van der Waals surface area contributed by atoms with Crippen molar-refractivity contribution >= 4 is 11.9 Å². The third kappa shape index (κ3) is 3.67. The summed E-state index contributed by atoms with van der Waals surface area (Å²) in [6.45, 7) is 7.33. The van der Waals surface area contributed by atoms with Crippen molar-refractivity contribution in [2.75, 3.05) is 0 Å². The van der Waals surface area contributed by atoms with E-state index in [0.717, 1.165) is 17.5 Å². The molecule has 0 heterocycles. The van der Waals surface area contributed by atoms with Gasteiger partial charge >= 0.3 is 11.9 Å². The molecule has 1 saturated carbocycles. The van der Waals surface area contributed by atoms with Gasteiger partial charge in [0.2, 0.25) is 0 Å². The average Bonchev–Trinajstić information content (AvgIpc) is 3.17. The zero-order valence-corrected chi connectivity index (χ0v) is 17.8. The molecule has 2 unspecified atom stereocenters. The molecule has 154 valence electrons. The van der Waals surface area contributed by atoms with Crippen LogP contribution in [-0.4, -0.2) is 11.9 Å². The second-order valence-electron chi connectivity index (χ2n) is 8.49.